The second kappa shape index (κ2) is 2.94. The minimum Gasteiger partial charge on any atom is -0.502 e. The summed E-state index contributed by atoms with van der Waals surface area (Å²) >= 11 is 5.29. The minimum atomic E-state index is -0.878. The van der Waals surface area contributed by atoms with Gasteiger partial charge in [-0.1, -0.05) is 11.6 Å². The van der Waals surface area contributed by atoms with E-state index in [2.05, 4.69) is 0 Å². The van der Waals surface area contributed by atoms with Crippen molar-refractivity contribution in [2.24, 2.45) is 0 Å². The van der Waals surface area contributed by atoms with E-state index >= 15 is 0 Å². The van der Waals surface area contributed by atoms with E-state index in [4.69, 9.17) is 16.7 Å². The van der Waals surface area contributed by atoms with Crippen LogP contribution in [0.4, 0.5) is 10.1 Å². The van der Waals surface area contributed by atoms with Crippen molar-refractivity contribution in [3.05, 3.63) is 33.1 Å². The molecular formula is C6H3ClFNO3. The van der Waals surface area contributed by atoms with Crippen molar-refractivity contribution in [3.63, 3.8) is 0 Å². The number of hydrogen-bond acceptors (Lipinski definition) is 3. The van der Waals surface area contributed by atoms with Crippen molar-refractivity contribution >= 4 is 17.3 Å². The maximum atomic E-state index is 12.4. The van der Waals surface area contributed by atoms with E-state index in [9.17, 15) is 14.5 Å². The predicted molar refractivity (Wildman–Crippen MR) is 39.7 cm³/mol. The molecule has 1 aromatic rings. The van der Waals surface area contributed by atoms with Crippen LogP contribution in [-0.2, 0) is 0 Å². The van der Waals surface area contributed by atoms with E-state index in [1.54, 1.807) is 0 Å². The Balaban J connectivity index is 3.38. The maximum Gasteiger partial charge on any atom is 0.329 e. The molecule has 0 bridgehead atoms. The molecule has 0 aromatic heterocycles. The van der Waals surface area contributed by atoms with E-state index < -0.39 is 27.2 Å². The number of benzene rings is 1. The normalized spacial score (nSPS) is 9.83. The summed E-state index contributed by atoms with van der Waals surface area (Å²) in [6.07, 6.45) is 0. The highest BCUT2D eigenvalue weighted by molar-refractivity contribution is 6.32. The number of halogens is 2. The Morgan fingerprint density at radius 1 is 1.58 bits per heavy atom. The standard InChI is InChI=1S/C6H3ClFNO3/c7-4-1-3(8)2-5(10)6(4)9(11)12/h1-2,10H. The first-order valence-electron chi connectivity index (χ1n) is 2.85. The van der Waals surface area contributed by atoms with Crippen LogP contribution in [0.3, 0.4) is 0 Å². The molecule has 0 heterocycles. The summed E-state index contributed by atoms with van der Waals surface area (Å²) in [5.41, 5.74) is -0.682. The third-order valence-corrected chi connectivity index (χ3v) is 1.48. The van der Waals surface area contributed by atoms with Crippen LogP contribution in [-0.4, -0.2) is 10.0 Å². The fourth-order valence-electron chi connectivity index (χ4n) is 0.733. The molecule has 0 aliphatic carbocycles. The molecule has 0 saturated heterocycles. The van der Waals surface area contributed by atoms with Crippen LogP contribution in [0.1, 0.15) is 0 Å². The number of hydrogen-bond donors (Lipinski definition) is 1. The molecule has 1 aromatic carbocycles. The monoisotopic (exact) mass is 191 g/mol. The molecule has 6 heteroatoms. The van der Waals surface area contributed by atoms with E-state index in [1.807, 2.05) is 0 Å². The van der Waals surface area contributed by atoms with Gasteiger partial charge in [-0.2, -0.15) is 0 Å². The molecule has 64 valence electrons. The van der Waals surface area contributed by atoms with Gasteiger partial charge in [0.05, 0.1) is 4.92 Å². The molecule has 0 spiro atoms. The maximum absolute atomic E-state index is 12.4. The van der Waals surface area contributed by atoms with Crippen molar-refractivity contribution in [1.29, 1.82) is 0 Å². The topological polar surface area (TPSA) is 63.4 Å². The predicted octanol–water partition coefficient (Wildman–Crippen LogP) is 2.09. The van der Waals surface area contributed by atoms with Gasteiger partial charge < -0.3 is 5.11 Å². The number of phenolic OH excluding ortho intramolecular Hbond substituents is 1. The van der Waals surface area contributed by atoms with E-state index in [0.717, 1.165) is 6.07 Å². The Labute approximate surface area is 71.3 Å². The second-order valence-corrected chi connectivity index (χ2v) is 2.42. The highest BCUT2D eigenvalue weighted by atomic mass is 35.5. The van der Waals surface area contributed by atoms with Crippen molar-refractivity contribution in [1.82, 2.24) is 0 Å². The molecule has 4 nitrogen and oxygen atoms in total. The zero-order valence-electron chi connectivity index (χ0n) is 5.62. The fraction of sp³-hybridized carbons (Fsp3) is 0. The van der Waals surface area contributed by atoms with Crippen molar-refractivity contribution in [2.45, 2.75) is 0 Å². The Kier molecular flexibility index (Phi) is 2.14. The van der Waals surface area contributed by atoms with Gasteiger partial charge in [0, 0.05) is 6.07 Å². The first kappa shape index (κ1) is 8.73. The average Bonchev–Trinajstić information content (AvgIpc) is 1.82. The lowest BCUT2D eigenvalue weighted by molar-refractivity contribution is -0.385. The zero-order chi connectivity index (χ0) is 9.30. The highest BCUT2D eigenvalue weighted by Crippen LogP contribution is 2.34. The Morgan fingerprint density at radius 2 is 2.17 bits per heavy atom. The van der Waals surface area contributed by atoms with Gasteiger partial charge in [0.1, 0.15) is 10.8 Å². The number of aromatic hydroxyl groups is 1. The van der Waals surface area contributed by atoms with E-state index in [1.165, 1.54) is 0 Å². The van der Waals surface area contributed by atoms with Gasteiger partial charge in [0.25, 0.3) is 0 Å². The fourth-order valence-corrected chi connectivity index (χ4v) is 1.00. The van der Waals surface area contributed by atoms with Crippen LogP contribution in [0.25, 0.3) is 0 Å². The van der Waals surface area contributed by atoms with Crippen LogP contribution in [0.5, 0.6) is 5.75 Å². The van der Waals surface area contributed by atoms with Gasteiger partial charge in [0.2, 0.25) is 0 Å². The molecule has 0 fully saturated rings. The quantitative estimate of drug-likeness (QED) is 0.546. The molecule has 0 radical (unpaired) electrons. The van der Waals surface area contributed by atoms with Gasteiger partial charge in [-0.15, -0.1) is 0 Å². The van der Waals surface area contributed by atoms with Gasteiger partial charge >= 0.3 is 5.69 Å². The van der Waals surface area contributed by atoms with Crippen LogP contribution >= 0.6 is 11.6 Å². The summed E-state index contributed by atoms with van der Waals surface area (Å²) < 4.78 is 12.4. The average molecular weight is 192 g/mol. The summed E-state index contributed by atoms with van der Waals surface area (Å²) in [7, 11) is 0. The van der Waals surface area contributed by atoms with Crippen molar-refractivity contribution < 1.29 is 14.4 Å². The SMILES string of the molecule is O=[N+]([O-])c1c(O)cc(F)cc1Cl. The molecule has 1 N–H and O–H groups in total. The van der Waals surface area contributed by atoms with Crippen molar-refractivity contribution in [3.8, 4) is 5.75 Å². The van der Waals surface area contributed by atoms with Gasteiger partial charge in [-0.25, -0.2) is 4.39 Å². The van der Waals surface area contributed by atoms with Crippen molar-refractivity contribution in [2.75, 3.05) is 0 Å². The summed E-state index contributed by atoms with van der Waals surface area (Å²) in [4.78, 5) is 9.31. The van der Waals surface area contributed by atoms with E-state index in [0.29, 0.717) is 6.07 Å². The summed E-state index contributed by atoms with van der Waals surface area (Å²) in [6.45, 7) is 0. The van der Waals surface area contributed by atoms with Crippen LogP contribution < -0.4 is 0 Å². The lowest BCUT2D eigenvalue weighted by atomic mass is 10.3. The van der Waals surface area contributed by atoms with Crippen LogP contribution in [0.15, 0.2) is 12.1 Å². The first-order valence-corrected chi connectivity index (χ1v) is 3.22. The molecule has 0 aliphatic heterocycles. The lowest BCUT2D eigenvalue weighted by Gasteiger charge is -1.97. The van der Waals surface area contributed by atoms with Gasteiger partial charge in [0.15, 0.2) is 5.75 Å². The first-order chi connectivity index (χ1) is 5.52. The molecule has 0 unspecified atom stereocenters. The second-order valence-electron chi connectivity index (χ2n) is 2.01. The third-order valence-electron chi connectivity index (χ3n) is 1.19. The number of rotatable bonds is 1. The van der Waals surface area contributed by atoms with Crippen LogP contribution in [0.2, 0.25) is 5.02 Å². The summed E-state index contributed by atoms with van der Waals surface area (Å²) in [6, 6.07) is 1.39. The lowest BCUT2D eigenvalue weighted by Crippen LogP contribution is -1.90. The summed E-state index contributed by atoms with van der Waals surface area (Å²) in [5.74, 6) is -1.59. The molecule has 0 atom stereocenters. The zero-order valence-corrected chi connectivity index (χ0v) is 6.38. The number of nitro groups is 1. The molecule has 1 rings (SSSR count). The molecular weight excluding hydrogens is 189 g/mol. The Hall–Kier alpha value is -1.36. The third kappa shape index (κ3) is 1.45. The smallest absolute Gasteiger partial charge is 0.329 e. The van der Waals surface area contributed by atoms with Crippen LogP contribution in [0, 0.1) is 15.9 Å². The molecule has 0 aliphatic rings. The highest BCUT2D eigenvalue weighted by Gasteiger charge is 2.19. The minimum absolute atomic E-state index is 0.419. The molecule has 12 heavy (non-hydrogen) atoms. The number of phenols is 1. The van der Waals surface area contributed by atoms with E-state index in [-0.39, 0.29) is 0 Å². The largest absolute Gasteiger partial charge is 0.502 e. The molecule has 0 saturated carbocycles. The number of nitrogens with zero attached hydrogens (tertiary/aromatic N) is 1. The Morgan fingerprint density at radius 3 is 2.58 bits per heavy atom. The molecule has 0 amide bonds. The Bertz CT molecular complexity index is 319. The van der Waals surface area contributed by atoms with Gasteiger partial charge in [-0.05, 0) is 6.07 Å². The number of nitro benzene ring substituents is 1. The summed E-state index contributed by atoms with van der Waals surface area (Å²) in [5, 5.41) is 18.7. The van der Waals surface area contributed by atoms with Gasteiger partial charge in [-0.3, -0.25) is 10.1 Å².